The molecule has 1 heterocycles. The van der Waals surface area contributed by atoms with Crippen molar-refractivity contribution in [2.75, 3.05) is 44.3 Å². The number of halogens is 1. The molecular weight excluding hydrogens is 460 g/mol. The van der Waals surface area contributed by atoms with Crippen LogP contribution in [0.3, 0.4) is 0 Å². The Morgan fingerprint density at radius 1 is 1.06 bits per heavy atom. The molecule has 1 N–H and O–H groups in total. The van der Waals surface area contributed by atoms with Gasteiger partial charge in [0.1, 0.15) is 0 Å². The first kappa shape index (κ1) is 27.5. The van der Waals surface area contributed by atoms with Gasteiger partial charge in [0, 0.05) is 61.6 Å². The number of hydrogen-bond acceptors (Lipinski definition) is 4. The van der Waals surface area contributed by atoms with Gasteiger partial charge in [-0.25, -0.2) is 0 Å². The fourth-order valence-electron chi connectivity index (χ4n) is 4.89. The van der Waals surface area contributed by atoms with E-state index in [9.17, 15) is 9.90 Å². The van der Waals surface area contributed by atoms with E-state index in [1.54, 1.807) is 0 Å². The summed E-state index contributed by atoms with van der Waals surface area (Å²) >= 11 is 6.09. The number of benzene rings is 2. The van der Waals surface area contributed by atoms with Crippen LogP contribution >= 0.6 is 11.6 Å². The SMILES string of the molecule is Cc1ccc(N2CCN(C(=O)[C@H](C)Cc3ccc(Cl)cc3C)CC2)c(C(OCCCO)C(C)C)c1. The highest BCUT2D eigenvalue weighted by atomic mass is 35.5. The molecule has 2 aromatic rings. The second-order valence-electron chi connectivity index (χ2n) is 10.2. The minimum absolute atomic E-state index is 0.0289. The molecule has 1 fully saturated rings. The summed E-state index contributed by atoms with van der Waals surface area (Å²) < 4.78 is 6.22. The third-order valence-electron chi connectivity index (χ3n) is 6.88. The summed E-state index contributed by atoms with van der Waals surface area (Å²) in [7, 11) is 0. The quantitative estimate of drug-likeness (QED) is 0.433. The third kappa shape index (κ3) is 7.22. The molecule has 2 atom stereocenters. The number of amides is 1. The molecule has 0 aromatic heterocycles. The first-order valence-corrected chi connectivity index (χ1v) is 13.2. The Balaban J connectivity index is 1.67. The van der Waals surface area contributed by atoms with Crippen LogP contribution in [0.5, 0.6) is 0 Å². The van der Waals surface area contributed by atoms with Crippen LogP contribution in [0.4, 0.5) is 5.69 Å². The van der Waals surface area contributed by atoms with E-state index in [1.165, 1.54) is 22.4 Å². The van der Waals surface area contributed by atoms with Gasteiger partial charge in [-0.2, -0.15) is 0 Å². The van der Waals surface area contributed by atoms with Crippen LogP contribution in [-0.2, 0) is 16.0 Å². The fraction of sp³-hybridized carbons (Fsp3) is 0.552. The minimum Gasteiger partial charge on any atom is -0.396 e. The Labute approximate surface area is 216 Å². The van der Waals surface area contributed by atoms with Crippen LogP contribution in [0.15, 0.2) is 36.4 Å². The van der Waals surface area contributed by atoms with Crippen LogP contribution in [-0.4, -0.2) is 55.3 Å². The Hall–Kier alpha value is -2.08. The summed E-state index contributed by atoms with van der Waals surface area (Å²) in [5, 5.41) is 9.91. The van der Waals surface area contributed by atoms with Crippen molar-refractivity contribution in [1.29, 1.82) is 0 Å². The van der Waals surface area contributed by atoms with Crippen molar-refractivity contribution in [3.05, 3.63) is 63.7 Å². The molecular formula is C29H41ClN2O3. The molecule has 0 spiro atoms. The summed E-state index contributed by atoms with van der Waals surface area (Å²) in [6.45, 7) is 14.3. The lowest BCUT2D eigenvalue weighted by Gasteiger charge is -2.39. The van der Waals surface area contributed by atoms with E-state index in [2.05, 4.69) is 43.9 Å². The van der Waals surface area contributed by atoms with Crippen molar-refractivity contribution in [1.82, 2.24) is 4.90 Å². The highest BCUT2D eigenvalue weighted by Gasteiger charge is 2.28. The zero-order chi connectivity index (χ0) is 25.5. The van der Waals surface area contributed by atoms with Gasteiger partial charge >= 0.3 is 0 Å². The number of carbonyl (C=O) groups excluding carboxylic acids is 1. The molecule has 5 nitrogen and oxygen atoms in total. The molecule has 0 saturated carbocycles. The average Bonchev–Trinajstić information content (AvgIpc) is 2.83. The highest BCUT2D eigenvalue weighted by Crippen LogP contribution is 2.35. The van der Waals surface area contributed by atoms with Crippen molar-refractivity contribution in [2.24, 2.45) is 11.8 Å². The van der Waals surface area contributed by atoms with Crippen LogP contribution in [0, 0.1) is 25.7 Å². The summed E-state index contributed by atoms with van der Waals surface area (Å²) in [4.78, 5) is 17.6. The molecule has 0 aliphatic carbocycles. The molecule has 192 valence electrons. The number of aliphatic hydroxyl groups is 1. The molecule has 35 heavy (non-hydrogen) atoms. The van der Waals surface area contributed by atoms with Crippen LogP contribution in [0.2, 0.25) is 5.02 Å². The summed E-state index contributed by atoms with van der Waals surface area (Å²) in [6.07, 6.45) is 1.34. The lowest BCUT2D eigenvalue weighted by atomic mass is 9.94. The van der Waals surface area contributed by atoms with Gasteiger partial charge in [0.25, 0.3) is 0 Å². The number of piperazine rings is 1. The van der Waals surface area contributed by atoms with E-state index in [0.717, 1.165) is 30.1 Å². The second kappa shape index (κ2) is 12.8. The van der Waals surface area contributed by atoms with Gasteiger partial charge in [-0.3, -0.25) is 4.79 Å². The van der Waals surface area contributed by atoms with Crippen LogP contribution in [0.25, 0.3) is 0 Å². The smallest absolute Gasteiger partial charge is 0.225 e. The highest BCUT2D eigenvalue weighted by molar-refractivity contribution is 6.30. The molecule has 3 rings (SSSR count). The lowest BCUT2D eigenvalue weighted by Crippen LogP contribution is -2.50. The van der Waals surface area contributed by atoms with Gasteiger partial charge in [-0.05, 0) is 61.9 Å². The van der Waals surface area contributed by atoms with Gasteiger partial charge in [-0.15, -0.1) is 0 Å². The number of ether oxygens (including phenoxy) is 1. The van der Waals surface area contributed by atoms with Gasteiger partial charge in [0.2, 0.25) is 5.91 Å². The number of rotatable bonds is 10. The minimum atomic E-state index is -0.0680. The number of nitrogens with zero attached hydrogens (tertiary/aromatic N) is 2. The average molecular weight is 501 g/mol. The molecule has 2 aromatic carbocycles. The maximum atomic E-state index is 13.2. The van der Waals surface area contributed by atoms with E-state index in [1.807, 2.05) is 36.9 Å². The first-order valence-electron chi connectivity index (χ1n) is 12.8. The Kier molecular flexibility index (Phi) is 10.0. The van der Waals surface area contributed by atoms with E-state index >= 15 is 0 Å². The lowest BCUT2D eigenvalue weighted by molar-refractivity contribution is -0.135. The molecule has 1 saturated heterocycles. The van der Waals surface area contributed by atoms with Gasteiger partial charge in [0.15, 0.2) is 0 Å². The zero-order valence-corrected chi connectivity index (χ0v) is 22.6. The van der Waals surface area contributed by atoms with Crippen molar-refractivity contribution in [3.63, 3.8) is 0 Å². The number of aryl methyl sites for hydroxylation is 2. The van der Waals surface area contributed by atoms with E-state index in [-0.39, 0.29) is 24.5 Å². The van der Waals surface area contributed by atoms with E-state index in [4.69, 9.17) is 16.3 Å². The Bertz CT molecular complexity index is 986. The van der Waals surface area contributed by atoms with Crippen LogP contribution in [0.1, 0.15) is 55.5 Å². The number of aliphatic hydroxyl groups excluding tert-OH is 1. The van der Waals surface area contributed by atoms with E-state index < -0.39 is 0 Å². The predicted molar refractivity (Wildman–Crippen MR) is 144 cm³/mol. The summed E-state index contributed by atoms with van der Waals surface area (Å²) in [5.74, 6) is 0.464. The molecule has 1 amide bonds. The second-order valence-corrected chi connectivity index (χ2v) is 10.6. The summed E-state index contributed by atoms with van der Waals surface area (Å²) in [6, 6.07) is 12.5. The maximum Gasteiger partial charge on any atom is 0.225 e. The number of anilines is 1. The Morgan fingerprint density at radius 3 is 2.40 bits per heavy atom. The van der Waals surface area contributed by atoms with Crippen molar-refractivity contribution < 1.29 is 14.6 Å². The topological polar surface area (TPSA) is 53.0 Å². The number of carbonyl (C=O) groups is 1. The van der Waals surface area contributed by atoms with Crippen molar-refractivity contribution in [2.45, 2.75) is 53.6 Å². The largest absolute Gasteiger partial charge is 0.396 e. The third-order valence-corrected chi connectivity index (χ3v) is 7.11. The standard InChI is InChI=1S/C29H41ClN2O3/c1-20(2)28(35-16-6-15-33)26-17-21(3)7-10-27(26)31-11-13-32(14-12-31)29(34)23(5)18-24-8-9-25(30)19-22(24)4/h7-10,17,19-20,23,28,33H,6,11-16,18H2,1-5H3/t23-,28?/m1/s1. The molecule has 6 heteroatoms. The number of hydrogen-bond donors (Lipinski definition) is 1. The van der Waals surface area contributed by atoms with E-state index in [0.29, 0.717) is 32.0 Å². The first-order chi connectivity index (χ1) is 16.7. The predicted octanol–water partition coefficient (Wildman–Crippen LogP) is 5.58. The zero-order valence-electron chi connectivity index (χ0n) is 21.9. The monoisotopic (exact) mass is 500 g/mol. The van der Waals surface area contributed by atoms with Crippen molar-refractivity contribution >= 4 is 23.2 Å². The molecule has 0 bridgehead atoms. The van der Waals surface area contributed by atoms with Crippen molar-refractivity contribution in [3.8, 4) is 0 Å². The normalized spacial score (nSPS) is 16.0. The Morgan fingerprint density at radius 2 is 1.77 bits per heavy atom. The van der Waals surface area contributed by atoms with Crippen LogP contribution < -0.4 is 4.90 Å². The maximum absolute atomic E-state index is 13.2. The molecule has 1 unspecified atom stereocenters. The van der Waals surface area contributed by atoms with Gasteiger partial charge in [-0.1, -0.05) is 56.1 Å². The van der Waals surface area contributed by atoms with Gasteiger partial charge < -0.3 is 19.6 Å². The summed E-state index contributed by atoms with van der Waals surface area (Å²) in [5.41, 5.74) is 5.91. The molecule has 1 aliphatic rings. The molecule has 1 aliphatic heterocycles. The van der Waals surface area contributed by atoms with Gasteiger partial charge in [0.05, 0.1) is 6.10 Å². The fourth-order valence-corrected chi connectivity index (χ4v) is 5.12. The molecule has 0 radical (unpaired) electrons.